The van der Waals surface area contributed by atoms with Gasteiger partial charge in [-0.1, -0.05) is 18.2 Å². The molecule has 1 saturated heterocycles. The molecule has 25 heavy (non-hydrogen) atoms. The van der Waals surface area contributed by atoms with E-state index in [1.807, 2.05) is 43.1 Å². The minimum atomic E-state index is 0.205. The molecule has 1 aromatic carbocycles. The third-order valence-electron chi connectivity index (χ3n) is 4.90. The SMILES string of the molecule is COc1ccccc1CCN1CCC[C@H](CN(C)C(=O)CN(C)C)C1. The molecule has 1 heterocycles. The number of benzene rings is 1. The van der Waals surface area contributed by atoms with Gasteiger partial charge in [0.05, 0.1) is 13.7 Å². The van der Waals surface area contributed by atoms with E-state index in [4.69, 9.17) is 4.74 Å². The molecule has 0 spiro atoms. The number of ether oxygens (including phenoxy) is 1. The fourth-order valence-corrected chi connectivity index (χ4v) is 3.57. The molecule has 0 radical (unpaired) electrons. The van der Waals surface area contributed by atoms with E-state index in [1.54, 1.807) is 7.11 Å². The van der Waals surface area contributed by atoms with Crippen LogP contribution in [0.5, 0.6) is 5.75 Å². The molecule has 5 heteroatoms. The van der Waals surface area contributed by atoms with Crippen LogP contribution in [-0.2, 0) is 11.2 Å². The number of hydrogen-bond acceptors (Lipinski definition) is 4. The third kappa shape index (κ3) is 6.33. The van der Waals surface area contributed by atoms with Crippen LogP contribution in [0.4, 0.5) is 0 Å². The minimum Gasteiger partial charge on any atom is -0.496 e. The van der Waals surface area contributed by atoms with Gasteiger partial charge in [0.1, 0.15) is 5.75 Å². The highest BCUT2D eigenvalue weighted by molar-refractivity contribution is 5.77. The van der Waals surface area contributed by atoms with Gasteiger partial charge in [-0.2, -0.15) is 0 Å². The van der Waals surface area contributed by atoms with Gasteiger partial charge in [-0.05, 0) is 57.5 Å². The molecular weight excluding hydrogens is 314 g/mol. The summed E-state index contributed by atoms with van der Waals surface area (Å²) in [5, 5.41) is 0. The molecule has 0 saturated carbocycles. The van der Waals surface area contributed by atoms with Crippen LogP contribution in [0.3, 0.4) is 0 Å². The molecule has 0 aliphatic carbocycles. The van der Waals surface area contributed by atoms with E-state index in [0.717, 1.165) is 38.3 Å². The van der Waals surface area contributed by atoms with Crippen molar-refractivity contribution in [3.8, 4) is 5.75 Å². The smallest absolute Gasteiger partial charge is 0.236 e. The normalized spacial score (nSPS) is 18.4. The van der Waals surface area contributed by atoms with Crippen molar-refractivity contribution >= 4 is 5.91 Å². The van der Waals surface area contributed by atoms with Crippen molar-refractivity contribution in [3.63, 3.8) is 0 Å². The highest BCUT2D eigenvalue weighted by atomic mass is 16.5. The van der Waals surface area contributed by atoms with Crippen LogP contribution >= 0.6 is 0 Å². The lowest BCUT2D eigenvalue weighted by Gasteiger charge is -2.35. The van der Waals surface area contributed by atoms with Crippen molar-refractivity contribution in [2.24, 2.45) is 5.92 Å². The first-order valence-corrected chi connectivity index (χ1v) is 9.22. The lowest BCUT2D eigenvalue weighted by molar-refractivity contribution is -0.131. The Kier molecular flexibility index (Phi) is 7.72. The number of likely N-dealkylation sites (N-methyl/N-ethyl adjacent to an activating group) is 2. The quantitative estimate of drug-likeness (QED) is 0.720. The molecule has 0 aromatic heterocycles. The van der Waals surface area contributed by atoms with Gasteiger partial charge < -0.3 is 19.4 Å². The number of piperidine rings is 1. The van der Waals surface area contributed by atoms with E-state index >= 15 is 0 Å². The summed E-state index contributed by atoms with van der Waals surface area (Å²) in [6, 6.07) is 8.26. The highest BCUT2D eigenvalue weighted by Gasteiger charge is 2.22. The fraction of sp³-hybridized carbons (Fsp3) is 0.650. The summed E-state index contributed by atoms with van der Waals surface area (Å²) in [4.78, 5) is 18.5. The van der Waals surface area contributed by atoms with Gasteiger partial charge in [-0.25, -0.2) is 0 Å². The Morgan fingerprint density at radius 2 is 2.04 bits per heavy atom. The Bertz CT molecular complexity index is 547. The molecule has 1 aromatic rings. The van der Waals surface area contributed by atoms with Gasteiger partial charge in [-0.3, -0.25) is 4.79 Å². The number of para-hydroxylation sites is 1. The lowest BCUT2D eigenvalue weighted by Crippen LogP contribution is -2.44. The number of carbonyl (C=O) groups is 1. The van der Waals surface area contributed by atoms with Crippen molar-refractivity contribution in [1.82, 2.24) is 14.7 Å². The predicted octanol–water partition coefficient (Wildman–Crippen LogP) is 1.97. The number of amides is 1. The topological polar surface area (TPSA) is 36.0 Å². The molecule has 0 N–H and O–H groups in total. The Balaban J connectivity index is 1.81. The first-order valence-electron chi connectivity index (χ1n) is 9.22. The number of carbonyl (C=O) groups excluding carboxylic acids is 1. The van der Waals surface area contributed by atoms with Gasteiger partial charge in [0, 0.05) is 26.7 Å². The van der Waals surface area contributed by atoms with E-state index < -0.39 is 0 Å². The number of methoxy groups -OCH3 is 1. The van der Waals surface area contributed by atoms with Gasteiger partial charge in [0.15, 0.2) is 0 Å². The summed E-state index contributed by atoms with van der Waals surface area (Å²) in [6.45, 7) is 4.63. The van der Waals surface area contributed by atoms with Gasteiger partial charge >= 0.3 is 0 Å². The van der Waals surface area contributed by atoms with Crippen LogP contribution in [0.2, 0.25) is 0 Å². The van der Waals surface area contributed by atoms with Crippen LogP contribution < -0.4 is 4.74 Å². The van der Waals surface area contributed by atoms with Crippen molar-refractivity contribution in [1.29, 1.82) is 0 Å². The van der Waals surface area contributed by atoms with E-state index in [1.165, 1.54) is 18.4 Å². The molecule has 1 fully saturated rings. The first-order chi connectivity index (χ1) is 12.0. The van der Waals surface area contributed by atoms with Gasteiger partial charge in [-0.15, -0.1) is 0 Å². The zero-order chi connectivity index (χ0) is 18.2. The molecule has 2 rings (SSSR count). The second-order valence-corrected chi connectivity index (χ2v) is 7.38. The van der Waals surface area contributed by atoms with Crippen LogP contribution in [0.25, 0.3) is 0 Å². The summed E-state index contributed by atoms with van der Waals surface area (Å²) in [5.41, 5.74) is 1.27. The van der Waals surface area contributed by atoms with Crippen molar-refractivity contribution in [2.45, 2.75) is 19.3 Å². The van der Waals surface area contributed by atoms with Gasteiger partial charge in [0.2, 0.25) is 5.91 Å². The zero-order valence-electron chi connectivity index (χ0n) is 16.2. The number of hydrogen-bond donors (Lipinski definition) is 0. The lowest BCUT2D eigenvalue weighted by atomic mass is 9.97. The highest BCUT2D eigenvalue weighted by Crippen LogP contribution is 2.21. The van der Waals surface area contributed by atoms with E-state index in [-0.39, 0.29) is 5.91 Å². The summed E-state index contributed by atoms with van der Waals surface area (Å²) < 4.78 is 5.45. The predicted molar refractivity (Wildman–Crippen MR) is 102 cm³/mol. The summed E-state index contributed by atoms with van der Waals surface area (Å²) in [6.07, 6.45) is 3.43. The van der Waals surface area contributed by atoms with Crippen LogP contribution in [0.1, 0.15) is 18.4 Å². The third-order valence-corrected chi connectivity index (χ3v) is 4.90. The summed E-state index contributed by atoms with van der Waals surface area (Å²) >= 11 is 0. The maximum Gasteiger partial charge on any atom is 0.236 e. The Morgan fingerprint density at radius 1 is 1.28 bits per heavy atom. The second kappa shape index (κ2) is 9.78. The van der Waals surface area contributed by atoms with Crippen LogP contribution in [-0.4, -0.2) is 81.6 Å². The summed E-state index contributed by atoms with van der Waals surface area (Å²) in [5.74, 6) is 1.75. The maximum absolute atomic E-state index is 12.1. The molecule has 140 valence electrons. The largest absolute Gasteiger partial charge is 0.496 e. The maximum atomic E-state index is 12.1. The van der Waals surface area contributed by atoms with E-state index in [2.05, 4.69) is 17.0 Å². The summed E-state index contributed by atoms with van der Waals surface area (Å²) in [7, 11) is 7.54. The standard InChI is InChI=1S/C20H33N3O2/c1-21(2)16-20(24)22(3)14-17-8-7-12-23(15-17)13-11-18-9-5-6-10-19(18)25-4/h5-6,9-10,17H,7-8,11-16H2,1-4H3/t17-/m1/s1. The Hall–Kier alpha value is -1.59. The molecule has 1 aliphatic heterocycles. The van der Waals surface area contributed by atoms with Crippen molar-refractivity contribution < 1.29 is 9.53 Å². The number of likely N-dealkylation sites (tertiary alicyclic amines) is 1. The van der Waals surface area contributed by atoms with Crippen molar-refractivity contribution in [2.75, 3.05) is 61.0 Å². The second-order valence-electron chi connectivity index (χ2n) is 7.38. The van der Waals surface area contributed by atoms with Crippen LogP contribution in [0.15, 0.2) is 24.3 Å². The number of nitrogens with zero attached hydrogens (tertiary/aromatic N) is 3. The Labute approximate surface area is 152 Å². The minimum absolute atomic E-state index is 0.205. The molecule has 0 unspecified atom stereocenters. The molecular formula is C20H33N3O2. The molecule has 1 aliphatic rings. The monoisotopic (exact) mass is 347 g/mol. The van der Waals surface area contributed by atoms with E-state index in [9.17, 15) is 4.79 Å². The fourth-order valence-electron chi connectivity index (χ4n) is 3.57. The average molecular weight is 348 g/mol. The molecule has 5 nitrogen and oxygen atoms in total. The number of rotatable bonds is 8. The Morgan fingerprint density at radius 3 is 2.76 bits per heavy atom. The average Bonchev–Trinajstić information content (AvgIpc) is 2.60. The van der Waals surface area contributed by atoms with E-state index in [0.29, 0.717) is 12.5 Å². The van der Waals surface area contributed by atoms with Crippen LogP contribution in [0, 0.1) is 5.92 Å². The van der Waals surface area contributed by atoms with Gasteiger partial charge in [0.25, 0.3) is 0 Å². The van der Waals surface area contributed by atoms with Crippen molar-refractivity contribution in [3.05, 3.63) is 29.8 Å². The molecule has 0 bridgehead atoms. The first kappa shape index (κ1) is 19.7. The molecule has 1 amide bonds. The molecule has 1 atom stereocenters. The zero-order valence-corrected chi connectivity index (χ0v) is 16.2.